The number of nitrogens with zero attached hydrogens (tertiary/aromatic N) is 1. The lowest BCUT2D eigenvalue weighted by Gasteiger charge is -2.17. The van der Waals surface area contributed by atoms with Crippen LogP contribution in [-0.2, 0) is 4.79 Å². The van der Waals surface area contributed by atoms with Crippen molar-refractivity contribution in [3.05, 3.63) is 29.8 Å². The first-order valence-corrected chi connectivity index (χ1v) is 5.91. The quantitative estimate of drug-likeness (QED) is 0.850. The summed E-state index contributed by atoms with van der Waals surface area (Å²) in [5.41, 5.74) is 1.14. The first-order chi connectivity index (χ1) is 8.22. The molecule has 0 fully saturated rings. The summed E-state index contributed by atoms with van der Waals surface area (Å²) < 4.78 is 5.54. The molecule has 0 aliphatic carbocycles. The molecule has 1 atom stereocenters. The van der Waals surface area contributed by atoms with Crippen molar-refractivity contribution in [2.45, 2.75) is 13.0 Å². The Hall–Kier alpha value is -1.55. The Labute approximate surface area is 102 Å². The van der Waals surface area contributed by atoms with Crippen LogP contribution in [-0.4, -0.2) is 37.6 Å². The number of amides is 1. The van der Waals surface area contributed by atoms with Crippen molar-refractivity contribution in [1.82, 2.24) is 10.2 Å². The number of carbonyl (C=O) groups excluding carboxylic acids is 1. The topological polar surface area (TPSA) is 41.6 Å². The number of rotatable bonds is 4. The predicted octanol–water partition coefficient (Wildman–Crippen LogP) is 1.19. The van der Waals surface area contributed by atoms with Gasteiger partial charge < -0.3 is 9.64 Å². The maximum atomic E-state index is 11.7. The molecule has 0 spiro atoms. The van der Waals surface area contributed by atoms with E-state index in [9.17, 15) is 4.79 Å². The van der Waals surface area contributed by atoms with Crippen LogP contribution in [0.4, 0.5) is 0 Å². The number of fused-ring (bicyclic) bond motifs is 1. The average Bonchev–Trinajstić information content (AvgIpc) is 2.78. The number of nitrogens with one attached hydrogen (secondary N) is 1. The van der Waals surface area contributed by atoms with E-state index >= 15 is 0 Å². The van der Waals surface area contributed by atoms with Gasteiger partial charge in [-0.05, 0) is 13.0 Å². The molecule has 2 rings (SSSR count). The SMILES string of the molecule is CCN(C)C(=O)CNC1COc2ccccc21. The van der Waals surface area contributed by atoms with Gasteiger partial charge in [0.2, 0.25) is 5.91 Å². The van der Waals surface area contributed by atoms with E-state index in [1.807, 2.05) is 38.2 Å². The molecule has 1 aromatic carbocycles. The van der Waals surface area contributed by atoms with Crippen molar-refractivity contribution in [3.63, 3.8) is 0 Å². The molecule has 1 heterocycles. The minimum absolute atomic E-state index is 0.108. The Morgan fingerprint density at radius 3 is 3.06 bits per heavy atom. The van der Waals surface area contributed by atoms with Crippen LogP contribution in [0.1, 0.15) is 18.5 Å². The maximum absolute atomic E-state index is 11.7. The van der Waals surface area contributed by atoms with Gasteiger partial charge in [-0.2, -0.15) is 0 Å². The lowest BCUT2D eigenvalue weighted by Crippen LogP contribution is -2.37. The van der Waals surface area contributed by atoms with Crippen molar-refractivity contribution in [1.29, 1.82) is 0 Å². The van der Waals surface area contributed by atoms with Crippen LogP contribution in [0.5, 0.6) is 5.75 Å². The molecule has 1 amide bonds. The van der Waals surface area contributed by atoms with Gasteiger partial charge in [0.1, 0.15) is 12.4 Å². The lowest BCUT2D eigenvalue weighted by atomic mass is 10.1. The van der Waals surface area contributed by atoms with Crippen LogP contribution < -0.4 is 10.1 Å². The van der Waals surface area contributed by atoms with Gasteiger partial charge in [-0.15, -0.1) is 0 Å². The van der Waals surface area contributed by atoms with Gasteiger partial charge in [-0.1, -0.05) is 18.2 Å². The van der Waals surface area contributed by atoms with E-state index in [0.717, 1.165) is 17.9 Å². The fourth-order valence-corrected chi connectivity index (χ4v) is 1.85. The molecule has 0 radical (unpaired) electrons. The largest absolute Gasteiger partial charge is 0.491 e. The number of para-hydroxylation sites is 1. The fourth-order valence-electron chi connectivity index (χ4n) is 1.85. The van der Waals surface area contributed by atoms with Crippen molar-refractivity contribution < 1.29 is 9.53 Å². The highest BCUT2D eigenvalue weighted by molar-refractivity contribution is 5.78. The molecule has 1 aromatic rings. The van der Waals surface area contributed by atoms with Crippen molar-refractivity contribution >= 4 is 5.91 Å². The first kappa shape index (κ1) is 11.9. The number of benzene rings is 1. The van der Waals surface area contributed by atoms with Crippen LogP contribution in [0.2, 0.25) is 0 Å². The number of hydrogen-bond acceptors (Lipinski definition) is 3. The van der Waals surface area contributed by atoms with Gasteiger partial charge >= 0.3 is 0 Å². The van der Waals surface area contributed by atoms with Crippen LogP contribution in [0, 0.1) is 0 Å². The normalized spacial score (nSPS) is 17.4. The molecular weight excluding hydrogens is 216 g/mol. The molecule has 0 saturated heterocycles. The Kier molecular flexibility index (Phi) is 3.64. The number of ether oxygens (including phenoxy) is 1. The summed E-state index contributed by atoms with van der Waals surface area (Å²) in [5, 5.41) is 3.24. The number of hydrogen-bond donors (Lipinski definition) is 1. The van der Waals surface area contributed by atoms with Crippen molar-refractivity contribution in [2.24, 2.45) is 0 Å². The second-order valence-electron chi connectivity index (χ2n) is 4.19. The Balaban J connectivity index is 1.92. The summed E-state index contributed by atoms with van der Waals surface area (Å²) in [7, 11) is 1.81. The molecule has 1 N–H and O–H groups in total. The zero-order valence-corrected chi connectivity index (χ0v) is 10.3. The Morgan fingerprint density at radius 1 is 1.53 bits per heavy atom. The molecule has 0 bridgehead atoms. The summed E-state index contributed by atoms with van der Waals surface area (Å²) in [4.78, 5) is 13.4. The van der Waals surface area contributed by atoms with Crippen molar-refractivity contribution in [2.75, 3.05) is 26.7 Å². The highest BCUT2D eigenvalue weighted by atomic mass is 16.5. The average molecular weight is 234 g/mol. The lowest BCUT2D eigenvalue weighted by molar-refractivity contribution is -0.128. The number of carbonyl (C=O) groups is 1. The zero-order valence-electron chi connectivity index (χ0n) is 10.3. The Bertz CT molecular complexity index is 406. The summed E-state index contributed by atoms with van der Waals surface area (Å²) in [6.07, 6.45) is 0. The molecular formula is C13H18N2O2. The van der Waals surface area contributed by atoms with Gasteiger partial charge in [0.15, 0.2) is 0 Å². The highest BCUT2D eigenvalue weighted by Crippen LogP contribution is 2.31. The van der Waals surface area contributed by atoms with E-state index < -0.39 is 0 Å². The van der Waals surface area contributed by atoms with Gasteiger partial charge in [0.05, 0.1) is 12.6 Å². The van der Waals surface area contributed by atoms with E-state index in [-0.39, 0.29) is 11.9 Å². The number of likely N-dealkylation sites (N-methyl/N-ethyl adjacent to an activating group) is 1. The molecule has 0 aromatic heterocycles. The Morgan fingerprint density at radius 2 is 2.29 bits per heavy atom. The van der Waals surface area contributed by atoms with Gasteiger partial charge in [0, 0.05) is 19.2 Å². The fraction of sp³-hybridized carbons (Fsp3) is 0.462. The predicted molar refractivity (Wildman–Crippen MR) is 66.0 cm³/mol. The van der Waals surface area contributed by atoms with Crippen LogP contribution in [0.25, 0.3) is 0 Å². The smallest absolute Gasteiger partial charge is 0.236 e. The highest BCUT2D eigenvalue weighted by Gasteiger charge is 2.23. The standard InChI is InChI=1S/C13H18N2O2/c1-3-15(2)13(16)8-14-11-9-17-12-7-5-4-6-10(11)12/h4-7,11,14H,3,8-9H2,1-2H3. The molecule has 4 nitrogen and oxygen atoms in total. The summed E-state index contributed by atoms with van der Waals surface area (Å²) >= 11 is 0. The minimum atomic E-state index is 0.108. The molecule has 1 aliphatic rings. The van der Waals surface area contributed by atoms with Crippen molar-refractivity contribution in [3.8, 4) is 5.75 Å². The van der Waals surface area contributed by atoms with E-state index in [0.29, 0.717) is 13.2 Å². The zero-order chi connectivity index (χ0) is 12.3. The third-order valence-electron chi connectivity index (χ3n) is 3.10. The van der Waals surface area contributed by atoms with E-state index in [1.54, 1.807) is 4.90 Å². The summed E-state index contributed by atoms with van der Waals surface area (Å²) in [5.74, 6) is 1.03. The third-order valence-corrected chi connectivity index (χ3v) is 3.10. The summed E-state index contributed by atoms with van der Waals surface area (Å²) in [6.45, 7) is 3.65. The molecule has 4 heteroatoms. The first-order valence-electron chi connectivity index (χ1n) is 5.91. The van der Waals surface area contributed by atoms with Gasteiger partial charge in [-0.3, -0.25) is 10.1 Å². The molecule has 1 aliphatic heterocycles. The molecule has 1 unspecified atom stereocenters. The minimum Gasteiger partial charge on any atom is -0.491 e. The third kappa shape index (κ3) is 2.58. The maximum Gasteiger partial charge on any atom is 0.236 e. The molecule has 0 saturated carbocycles. The van der Waals surface area contributed by atoms with Crippen LogP contribution >= 0.6 is 0 Å². The van der Waals surface area contributed by atoms with Crippen LogP contribution in [0.15, 0.2) is 24.3 Å². The second-order valence-corrected chi connectivity index (χ2v) is 4.19. The van der Waals surface area contributed by atoms with Gasteiger partial charge in [-0.25, -0.2) is 0 Å². The molecule has 92 valence electrons. The van der Waals surface area contributed by atoms with E-state index in [4.69, 9.17) is 4.74 Å². The second kappa shape index (κ2) is 5.19. The monoisotopic (exact) mass is 234 g/mol. The summed E-state index contributed by atoms with van der Waals surface area (Å²) in [6, 6.07) is 8.06. The van der Waals surface area contributed by atoms with Crippen LogP contribution in [0.3, 0.4) is 0 Å². The van der Waals surface area contributed by atoms with E-state index in [2.05, 4.69) is 5.32 Å². The van der Waals surface area contributed by atoms with E-state index in [1.165, 1.54) is 0 Å². The van der Waals surface area contributed by atoms with Gasteiger partial charge in [0.25, 0.3) is 0 Å². The molecule has 17 heavy (non-hydrogen) atoms.